The molecule has 0 unspecified atom stereocenters. The van der Waals surface area contributed by atoms with Crippen molar-refractivity contribution in [2.75, 3.05) is 25.0 Å². The van der Waals surface area contributed by atoms with Crippen molar-refractivity contribution in [2.45, 2.75) is 78.1 Å². The number of benzene rings is 2. The van der Waals surface area contributed by atoms with Gasteiger partial charge in [0.25, 0.3) is 0 Å². The number of fused-ring (bicyclic) bond motifs is 1. The van der Waals surface area contributed by atoms with Gasteiger partial charge in [0.1, 0.15) is 0 Å². The molecular weight excluding hydrogens is 438 g/mol. The average molecular weight is 478 g/mol. The first-order chi connectivity index (χ1) is 16.7. The molecule has 2 aliphatic rings. The van der Waals surface area contributed by atoms with Crippen LogP contribution in [0, 0.1) is 0 Å². The van der Waals surface area contributed by atoms with E-state index >= 15 is 0 Å². The quantitative estimate of drug-likeness (QED) is 0.530. The van der Waals surface area contributed by atoms with Crippen molar-refractivity contribution in [1.82, 2.24) is 9.80 Å². The summed E-state index contributed by atoms with van der Waals surface area (Å²) in [6, 6.07) is 14.9. The zero-order chi connectivity index (χ0) is 25.1. The number of carbonyl (C=O) groups excluding carboxylic acids is 2. The number of hydrogen-bond acceptors (Lipinski definition) is 4. The van der Waals surface area contributed by atoms with E-state index in [0.29, 0.717) is 6.42 Å². The van der Waals surface area contributed by atoms with Crippen molar-refractivity contribution >= 4 is 17.7 Å². The molecule has 0 N–H and O–H groups in total. The normalized spacial score (nSPS) is 20.5. The van der Waals surface area contributed by atoms with Crippen molar-refractivity contribution < 1.29 is 14.3 Å². The lowest BCUT2D eigenvalue weighted by Gasteiger charge is -2.42. The zero-order valence-corrected chi connectivity index (χ0v) is 21.8. The van der Waals surface area contributed by atoms with Crippen LogP contribution in [0.5, 0.6) is 0 Å². The first-order valence-electron chi connectivity index (χ1n) is 12.9. The second-order valence-corrected chi connectivity index (χ2v) is 10.3. The Hall–Kier alpha value is -2.86. The Bertz CT molecular complexity index is 1040. The number of carbonyl (C=O) groups is 2. The van der Waals surface area contributed by atoms with Gasteiger partial charge in [-0.1, -0.05) is 36.8 Å². The maximum absolute atomic E-state index is 12.8. The maximum atomic E-state index is 12.8. The van der Waals surface area contributed by atoms with Crippen LogP contribution < -0.4 is 4.90 Å². The third kappa shape index (κ3) is 5.69. The minimum atomic E-state index is -0.341. The highest BCUT2D eigenvalue weighted by molar-refractivity contribution is 5.94. The fourth-order valence-corrected chi connectivity index (χ4v) is 5.45. The summed E-state index contributed by atoms with van der Waals surface area (Å²) in [6.07, 6.45) is 4.07. The zero-order valence-electron chi connectivity index (χ0n) is 21.8. The number of amides is 2. The molecule has 1 fully saturated rings. The number of likely N-dealkylation sites (tertiary alicyclic amines) is 1. The van der Waals surface area contributed by atoms with Crippen LogP contribution in [0.1, 0.15) is 70.5 Å². The van der Waals surface area contributed by atoms with Crippen LogP contribution in [-0.2, 0) is 16.1 Å². The molecule has 0 aliphatic carbocycles. The molecule has 2 aromatic carbocycles. The van der Waals surface area contributed by atoms with Gasteiger partial charge in [0, 0.05) is 32.2 Å². The largest absolute Gasteiger partial charge is 0.447 e. The summed E-state index contributed by atoms with van der Waals surface area (Å²) in [7, 11) is 1.79. The molecule has 6 nitrogen and oxygen atoms in total. The van der Waals surface area contributed by atoms with Crippen molar-refractivity contribution in [3.63, 3.8) is 0 Å². The van der Waals surface area contributed by atoms with Crippen LogP contribution in [0.25, 0.3) is 11.1 Å². The molecule has 2 heterocycles. The minimum absolute atomic E-state index is 0.0134. The van der Waals surface area contributed by atoms with Crippen molar-refractivity contribution in [1.29, 1.82) is 0 Å². The SMILES string of the molecule is CC(=O)N1c2ccc(-c3ccc(CN4CCCCC4)cc3)cc2[C@H](N(C)C(=O)OC(C)C)C[C@@H]1C. The molecule has 0 saturated carbocycles. The van der Waals surface area contributed by atoms with Crippen LogP contribution >= 0.6 is 0 Å². The molecule has 4 rings (SSSR count). The third-order valence-electron chi connectivity index (χ3n) is 7.22. The Balaban J connectivity index is 1.63. The maximum Gasteiger partial charge on any atom is 0.410 e. The van der Waals surface area contributed by atoms with Gasteiger partial charge in [0.05, 0.1) is 12.1 Å². The van der Waals surface area contributed by atoms with Crippen molar-refractivity contribution in [3.05, 3.63) is 53.6 Å². The van der Waals surface area contributed by atoms with Gasteiger partial charge < -0.3 is 14.5 Å². The highest BCUT2D eigenvalue weighted by atomic mass is 16.6. The van der Waals surface area contributed by atoms with Gasteiger partial charge in [-0.3, -0.25) is 9.69 Å². The molecule has 0 aromatic heterocycles. The molecule has 35 heavy (non-hydrogen) atoms. The van der Waals surface area contributed by atoms with E-state index in [1.165, 1.54) is 37.9 Å². The van der Waals surface area contributed by atoms with E-state index in [1.807, 2.05) is 31.7 Å². The molecule has 0 spiro atoms. The van der Waals surface area contributed by atoms with Gasteiger partial charge in [-0.25, -0.2) is 4.79 Å². The Morgan fingerprint density at radius 2 is 1.69 bits per heavy atom. The van der Waals surface area contributed by atoms with E-state index in [1.54, 1.807) is 18.9 Å². The number of piperidine rings is 1. The van der Waals surface area contributed by atoms with Crippen molar-refractivity contribution in [3.8, 4) is 11.1 Å². The molecule has 0 radical (unpaired) electrons. The van der Waals surface area contributed by atoms with Crippen LogP contribution in [0.3, 0.4) is 0 Å². The highest BCUT2D eigenvalue weighted by Gasteiger charge is 2.36. The predicted molar refractivity (Wildman–Crippen MR) is 140 cm³/mol. The van der Waals surface area contributed by atoms with Gasteiger partial charge in [0.2, 0.25) is 5.91 Å². The number of nitrogens with zero attached hydrogens (tertiary/aromatic N) is 3. The molecule has 188 valence electrons. The van der Waals surface area contributed by atoms with E-state index < -0.39 is 0 Å². The fraction of sp³-hybridized carbons (Fsp3) is 0.517. The summed E-state index contributed by atoms with van der Waals surface area (Å²) in [5, 5.41) is 0. The van der Waals surface area contributed by atoms with Gasteiger partial charge in [-0.2, -0.15) is 0 Å². The summed E-state index contributed by atoms with van der Waals surface area (Å²) < 4.78 is 5.48. The summed E-state index contributed by atoms with van der Waals surface area (Å²) in [6.45, 7) is 10.7. The van der Waals surface area contributed by atoms with Gasteiger partial charge in [-0.15, -0.1) is 0 Å². The standard InChI is InChI=1S/C29H39N3O3/c1-20(2)35-29(34)30(5)28-17-21(3)32(22(4)33)27-14-13-25(18-26(27)28)24-11-9-23(10-12-24)19-31-15-7-6-8-16-31/h9-14,18,20-21,28H,6-8,15-17,19H2,1-5H3/t21-,28+/m0/s1. The van der Waals surface area contributed by atoms with Crippen LogP contribution in [0.2, 0.25) is 0 Å². The topological polar surface area (TPSA) is 53.1 Å². The summed E-state index contributed by atoms with van der Waals surface area (Å²) in [4.78, 5) is 31.3. The van der Waals surface area contributed by atoms with E-state index in [2.05, 4.69) is 41.3 Å². The second kappa shape index (κ2) is 10.8. The Morgan fingerprint density at radius 3 is 2.31 bits per heavy atom. The summed E-state index contributed by atoms with van der Waals surface area (Å²) >= 11 is 0. The number of hydrogen-bond donors (Lipinski definition) is 0. The van der Waals surface area contributed by atoms with Crippen LogP contribution in [-0.4, -0.2) is 54.1 Å². The first-order valence-corrected chi connectivity index (χ1v) is 12.9. The number of anilines is 1. The van der Waals surface area contributed by atoms with E-state index in [-0.39, 0.29) is 30.2 Å². The van der Waals surface area contributed by atoms with Crippen LogP contribution in [0.15, 0.2) is 42.5 Å². The monoisotopic (exact) mass is 477 g/mol. The molecule has 6 heteroatoms. The molecular formula is C29H39N3O3. The van der Waals surface area contributed by atoms with Gasteiger partial charge in [-0.05, 0) is 87.5 Å². The summed E-state index contributed by atoms with van der Waals surface area (Å²) in [5.74, 6) is 0.0134. The minimum Gasteiger partial charge on any atom is -0.447 e. The Morgan fingerprint density at radius 1 is 1.03 bits per heavy atom. The molecule has 2 atom stereocenters. The molecule has 2 amide bonds. The lowest BCUT2D eigenvalue weighted by molar-refractivity contribution is -0.117. The predicted octanol–water partition coefficient (Wildman–Crippen LogP) is 6.00. The highest BCUT2D eigenvalue weighted by Crippen LogP contribution is 2.42. The van der Waals surface area contributed by atoms with Crippen molar-refractivity contribution in [2.24, 2.45) is 0 Å². The van der Waals surface area contributed by atoms with Gasteiger partial charge in [0.15, 0.2) is 0 Å². The second-order valence-electron chi connectivity index (χ2n) is 10.3. The third-order valence-corrected chi connectivity index (χ3v) is 7.22. The summed E-state index contributed by atoms with van der Waals surface area (Å²) in [5.41, 5.74) is 5.41. The van der Waals surface area contributed by atoms with Crippen LogP contribution in [0.4, 0.5) is 10.5 Å². The first kappa shape index (κ1) is 25.2. The van der Waals surface area contributed by atoms with E-state index in [0.717, 1.165) is 28.9 Å². The fourth-order valence-electron chi connectivity index (χ4n) is 5.45. The molecule has 2 aromatic rings. The number of ether oxygens (including phenoxy) is 1. The lowest BCUT2D eigenvalue weighted by atomic mass is 9.88. The smallest absolute Gasteiger partial charge is 0.410 e. The average Bonchev–Trinajstić information content (AvgIpc) is 2.83. The van der Waals surface area contributed by atoms with E-state index in [4.69, 9.17) is 4.74 Å². The Labute approximate surface area is 209 Å². The molecule has 1 saturated heterocycles. The molecule has 2 aliphatic heterocycles. The van der Waals surface area contributed by atoms with E-state index in [9.17, 15) is 9.59 Å². The Kier molecular flexibility index (Phi) is 7.80. The number of rotatable bonds is 5. The molecule has 0 bridgehead atoms. The van der Waals surface area contributed by atoms with Gasteiger partial charge >= 0.3 is 6.09 Å². The lowest BCUT2D eigenvalue weighted by Crippen LogP contribution is -2.46.